The summed E-state index contributed by atoms with van der Waals surface area (Å²) in [6.07, 6.45) is 0. The zero-order valence-corrected chi connectivity index (χ0v) is 14.4. The van der Waals surface area contributed by atoms with Gasteiger partial charge in [-0.15, -0.1) is 11.3 Å². The van der Waals surface area contributed by atoms with Crippen LogP contribution in [0.4, 0.5) is 4.39 Å². The molecule has 1 N–H and O–H groups in total. The Bertz CT molecular complexity index is 586. The summed E-state index contributed by atoms with van der Waals surface area (Å²) >= 11 is 7.60. The molecule has 21 heavy (non-hydrogen) atoms. The van der Waals surface area contributed by atoms with Crippen molar-refractivity contribution in [1.82, 2.24) is 5.32 Å². The molecule has 0 aliphatic heterocycles. The minimum Gasteiger partial charge on any atom is -0.302 e. The average molecular weight is 326 g/mol. The molecule has 2 unspecified atom stereocenters. The number of benzene rings is 1. The zero-order valence-electron chi connectivity index (χ0n) is 12.8. The molecule has 0 aliphatic carbocycles. The minimum atomic E-state index is -0.204. The highest BCUT2D eigenvalue weighted by Crippen LogP contribution is 2.36. The molecule has 1 aromatic carbocycles. The molecular formula is C17H21ClFNS. The third-order valence-corrected chi connectivity index (χ3v) is 4.92. The van der Waals surface area contributed by atoms with Crippen molar-refractivity contribution in [2.75, 3.05) is 0 Å². The Morgan fingerprint density at radius 2 is 1.71 bits per heavy atom. The van der Waals surface area contributed by atoms with E-state index < -0.39 is 0 Å². The van der Waals surface area contributed by atoms with Crippen LogP contribution in [0.2, 0.25) is 4.34 Å². The molecular weight excluding hydrogens is 305 g/mol. The van der Waals surface area contributed by atoms with Gasteiger partial charge in [-0.25, -0.2) is 4.39 Å². The standard InChI is InChI=1S/C17H21ClFNS/c1-11(14-9-10-15(18)21-14)20-16(17(2,3)4)12-5-7-13(19)8-6-12/h5-11,16,20H,1-4H3. The predicted molar refractivity (Wildman–Crippen MR) is 89.5 cm³/mol. The Labute approximate surface area is 135 Å². The van der Waals surface area contributed by atoms with Crippen molar-refractivity contribution in [2.24, 2.45) is 5.41 Å². The fraction of sp³-hybridized carbons (Fsp3) is 0.412. The van der Waals surface area contributed by atoms with E-state index in [0.29, 0.717) is 0 Å². The summed E-state index contributed by atoms with van der Waals surface area (Å²) < 4.78 is 13.9. The van der Waals surface area contributed by atoms with E-state index in [0.717, 1.165) is 9.90 Å². The molecule has 2 atom stereocenters. The molecule has 0 aliphatic rings. The van der Waals surface area contributed by atoms with Crippen molar-refractivity contribution in [3.63, 3.8) is 0 Å². The van der Waals surface area contributed by atoms with Crippen LogP contribution in [0.15, 0.2) is 36.4 Å². The topological polar surface area (TPSA) is 12.0 Å². The van der Waals surface area contributed by atoms with Gasteiger partial charge in [-0.3, -0.25) is 0 Å². The number of hydrogen-bond acceptors (Lipinski definition) is 2. The summed E-state index contributed by atoms with van der Waals surface area (Å²) in [5.74, 6) is -0.204. The van der Waals surface area contributed by atoms with E-state index in [1.165, 1.54) is 17.0 Å². The van der Waals surface area contributed by atoms with Crippen LogP contribution in [-0.2, 0) is 0 Å². The maximum Gasteiger partial charge on any atom is 0.123 e. The second kappa shape index (κ2) is 6.47. The smallest absolute Gasteiger partial charge is 0.123 e. The van der Waals surface area contributed by atoms with Gasteiger partial charge in [-0.05, 0) is 42.2 Å². The van der Waals surface area contributed by atoms with E-state index in [2.05, 4.69) is 39.1 Å². The van der Waals surface area contributed by atoms with Gasteiger partial charge in [0, 0.05) is 17.0 Å². The van der Waals surface area contributed by atoms with Gasteiger partial charge >= 0.3 is 0 Å². The second-order valence-electron chi connectivity index (χ2n) is 6.38. The van der Waals surface area contributed by atoms with Gasteiger partial charge in [0.2, 0.25) is 0 Å². The summed E-state index contributed by atoms with van der Waals surface area (Å²) in [5, 5.41) is 3.65. The third kappa shape index (κ3) is 4.29. The fourth-order valence-corrected chi connectivity index (χ4v) is 3.47. The molecule has 0 amide bonds. The lowest BCUT2D eigenvalue weighted by Crippen LogP contribution is -2.33. The molecule has 4 heteroatoms. The normalized spacial score (nSPS) is 15.0. The lowest BCUT2D eigenvalue weighted by Gasteiger charge is -2.34. The zero-order chi connectivity index (χ0) is 15.6. The first kappa shape index (κ1) is 16.5. The van der Waals surface area contributed by atoms with Gasteiger partial charge in [0.25, 0.3) is 0 Å². The maximum atomic E-state index is 13.1. The predicted octanol–water partition coefficient (Wildman–Crippen LogP) is 5.98. The van der Waals surface area contributed by atoms with Crippen LogP contribution in [-0.4, -0.2) is 0 Å². The SMILES string of the molecule is CC(NC(c1ccc(F)cc1)C(C)(C)C)c1ccc(Cl)s1. The van der Waals surface area contributed by atoms with Crippen LogP contribution >= 0.6 is 22.9 Å². The third-order valence-electron chi connectivity index (χ3n) is 3.51. The highest BCUT2D eigenvalue weighted by molar-refractivity contribution is 7.16. The van der Waals surface area contributed by atoms with Gasteiger partial charge in [0.15, 0.2) is 0 Å². The summed E-state index contributed by atoms with van der Waals surface area (Å²) in [6, 6.07) is 11.0. The second-order valence-corrected chi connectivity index (χ2v) is 8.13. The van der Waals surface area contributed by atoms with Crippen molar-refractivity contribution in [3.8, 4) is 0 Å². The molecule has 1 heterocycles. The molecule has 114 valence electrons. The molecule has 2 aromatic rings. The summed E-state index contributed by atoms with van der Waals surface area (Å²) in [7, 11) is 0. The summed E-state index contributed by atoms with van der Waals surface area (Å²) in [5.41, 5.74) is 1.12. The quantitative estimate of drug-likeness (QED) is 0.729. The fourth-order valence-electron chi connectivity index (χ4n) is 2.39. The Hall–Kier alpha value is -0.900. The lowest BCUT2D eigenvalue weighted by atomic mass is 9.82. The Kier molecular flexibility index (Phi) is 5.07. The van der Waals surface area contributed by atoms with Gasteiger partial charge < -0.3 is 5.32 Å². The van der Waals surface area contributed by atoms with Gasteiger partial charge in [-0.1, -0.05) is 44.5 Å². The molecule has 0 radical (unpaired) electrons. The number of hydrogen-bond donors (Lipinski definition) is 1. The van der Waals surface area contributed by atoms with E-state index in [4.69, 9.17) is 11.6 Å². The Balaban J connectivity index is 2.23. The molecule has 1 nitrogen and oxygen atoms in total. The number of nitrogens with one attached hydrogen (secondary N) is 1. The Morgan fingerprint density at radius 1 is 1.10 bits per heavy atom. The van der Waals surface area contributed by atoms with Crippen LogP contribution in [0, 0.1) is 11.2 Å². The average Bonchev–Trinajstić information content (AvgIpc) is 2.82. The molecule has 2 rings (SSSR count). The Morgan fingerprint density at radius 3 is 2.19 bits per heavy atom. The highest BCUT2D eigenvalue weighted by Gasteiger charge is 2.28. The van der Waals surface area contributed by atoms with Crippen molar-refractivity contribution < 1.29 is 4.39 Å². The number of rotatable bonds is 4. The first-order valence-corrected chi connectivity index (χ1v) is 8.23. The highest BCUT2D eigenvalue weighted by atomic mass is 35.5. The molecule has 0 fully saturated rings. The van der Waals surface area contributed by atoms with Crippen LogP contribution in [0.5, 0.6) is 0 Å². The first-order valence-electron chi connectivity index (χ1n) is 7.04. The van der Waals surface area contributed by atoms with E-state index >= 15 is 0 Å². The lowest BCUT2D eigenvalue weighted by molar-refractivity contribution is 0.255. The molecule has 0 saturated heterocycles. The molecule has 0 spiro atoms. The molecule has 0 bridgehead atoms. The van der Waals surface area contributed by atoms with Crippen molar-refractivity contribution >= 4 is 22.9 Å². The number of thiophene rings is 1. The summed E-state index contributed by atoms with van der Waals surface area (Å²) in [6.45, 7) is 8.68. The van der Waals surface area contributed by atoms with Crippen molar-refractivity contribution in [2.45, 2.75) is 39.8 Å². The summed E-state index contributed by atoms with van der Waals surface area (Å²) in [4.78, 5) is 1.20. The van der Waals surface area contributed by atoms with Gasteiger partial charge in [-0.2, -0.15) is 0 Å². The van der Waals surface area contributed by atoms with E-state index in [-0.39, 0.29) is 23.3 Å². The van der Waals surface area contributed by atoms with Crippen LogP contribution in [0.1, 0.15) is 50.2 Å². The van der Waals surface area contributed by atoms with E-state index in [1.54, 1.807) is 11.3 Å². The molecule has 1 aromatic heterocycles. The van der Waals surface area contributed by atoms with Crippen molar-refractivity contribution in [3.05, 3.63) is 57.0 Å². The largest absolute Gasteiger partial charge is 0.302 e. The van der Waals surface area contributed by atoms with Crippen molar-refractivity contribution in [1.29, 1.82) is 0 Å². The van der Waals surface area contributed by atoms with E-state index in [9.17, 15) is 4.39 Å². The van der Waals surface area contributed by atoms with Crippen LogP contribution in [0.3, 0.4) is 0 Å². The number of halogens is 2. The van der Waals surface area contributed by atoms with E-state index in [1.807, 2.05) is 18.2 Å². The van der Waals surface area contributed by atoms with Crippen LogP contribution < -0.4 is 5.32 Å². The monoisotopic (exact) mass is 325 g/mol. The maximum absolute atomic E-state index is 13.1. The minimum absolute atomic E-state index is 0.0210. The van der Waals surface area contributed by atoms with Gasteiger partial charge in [0.05, 0.1) is 4.34 Å². The van der Waals surface area contributed by atoms with Gasteiger partial charge in [0.1, 0.15) is 5.82 Å². The molecule has 0 saturated carbocycles. The van der Waals surface area contributed by atoms with Crippen LogP contribution in [0.25, 0.3) is 0 Å². The first-order chi connectivity index (χ1) is 9.77.